The highest BCUT2D eigenvalue weighted by Gasteiger charge is 2.16. The molecule has 2 heterocycles. The van der Waals surface area contributed by atoms with E-state index in [0.29, 0.717) is 29.4 Å². The van der Waals surface area contributed by atoms with E-state index in [1.54, 1.807) is 6.07 Å². The predicted octanol–water partition coefficient (Wildman–Crippen LogP) is 4.05. The largest absolute Gasteiger partial charge is 0.417 e. The van der Waals surface area contributed by atoms with E-state index in [2.05, 4.69) is 32.5 Å². The van der Waals surface area contributed by atoms with E-state index in [-0.39, 0.29) is 5.75 Å². The van der Waals surface area contributed by atoms with Gasteiger partial charge in [0.05, 0.1) is 5.69 Å². The zero-order valence-corrected chi connectivity index (χ0v) is 19.8. The summed E-state index contributed by atoms with van der Waals surface area (Å²) in [5, 5.41) is 6.52. The molecule has 178 valence electrons. The number of aromatic amines is 1. The SMILES string of the molecule is CN1CCN(c2ccc(NC(=O)Oc3c(NCCc4cccc(Cl)c4)cc[nH]c3=O)cc2)CC1. The third-order valence-corrected chi connectivity index (χ3v) is 5.95. The molecule has 1 aliphatic heterocycles. The average molecular weight is 482 g/mol. The molecule has 1 saturated heterocycles. The topological polar surface area (TPSA) is 89.7 Å². The summed E-state index contributed by atoms with van der Waals surface area (Å²) in [6.07, 6.45) is 1.46. The molecule has 2 aromatic carbocycles. The maximum absolute atomic E-state index is 12.5. The Morgan fingerprint density at radius 2 is 1.85 bits per heavy atom. The standard InChI is InChI=1S/C25H28ClN5O3/c1-30-13-15-31(16-14-30)21-7-5-20(6-8-21)29-25(33)34-23-22(10-12-28-24(23)32)27-11-9-18-3-2-4-19(26)17-18/h2-8,10,12,17H,9,11,13-16H2,1H3,(H,29,33)(H2,27,28,32). The lowest BCUT2D eigenvalue weighted by atomic mass is 10.1. The Bertz CT molecular complexity index is 1170. The van der Waals surface area contributed by atoms with Crippen LogP contribution in [-0.4, -0.2) is 55.7 Å². The van der Waals surface area contributed by atoms with Crippen molar-refractivity contribution >= 4 is 34.8 Å². The summed E-state index contributed by atoms with van der Waals surface area (Å²) in [4.78, 5) is 32.0. The van der Waals surface area contributed by atoms with Crippen LogP contribution in [0.15, 0.2) is 65.6 Å². The number of amides is 1. The number of carbonyl (C=O) groups excluding carboxylic acids is 1. The maximum atomic E-state index is 12.5. The molecule has 1 fully saturated rings. The fourth-order valence-electron chi connectivity index (χ4n) is 3.80. The third kappa shape index (κ3) is 6.30. The van der Waals surface area contributed by atoms with Crippen molar-refractivity contribution in [3.8, 4) is 5.75 Å². The Labute approximate surface area is 203 Å². The van der Waals surface area contributed by atoms with E-state index in [1.165, 1.54) is 6.20 Å². The summed E-state index contributed by atoms with van der Waals surface area (Å²) in [7, 11) is 2.12. The second-order valence-corrected chi connectivity index (χ2v) is 8.64. The average Bonchev–Trinajstić information content (AvgIpc) is 2.82. The molecule has 0 spiro atoms. The number of piperazine rings is 1. The van der Waals surface area contributed by atoms with Gasteiger partial charge in [-0.05, 0) is 61.5 Å². The molecule has 0 saturated carbocycles. The van der Waals surface area contributed by atoms with Crippen LogP contribution in [0.5, 0.6) is 5.75 Å². The normalized spacial score (nSPS) is 14.0. The first-order valence-corrected chi connectivity index (χ1v) is 11.6. The van der Waals surface area contributed by atoms with Crippen molar-refractivity contribution in [1.82, 2.24) is 9.88 Å². The number of halogens is 1. The smallest absolute Gasteiger partial charge is 0.402 e. The number of nitrogens with one attached hydrogen (secondary N) is 3. The number of carbonyl (C=O) groups is 1. The van der Waals surface area contributed by atoms with E-state index in [1.807, 2.05) is 48.5 Å². The van der Waals surface area contributed by atoms with E-state index in [0.717, 1.165) is 37.4 Å². The van der Waals surface area contributed by atoms with Crippen molar-refractivity contribution in [3.05, 3.63) is 81.7 Å². The number of ether oxygens (including phenoxy) is 1. The number of anilines is 3. The van der Waals surface area contributed by atoms with Crippen LogP contribution in [0.1, 0.15) is 5.56 Å². The van der Waals surface area contributed by atoms with E-state index >= 15 is 0 Å². The number of nitrogens with zero attached hydrogens (tertiary/aromatic N) is 2. The summed E-state index contributed by atoms with van der Waals surface area (Å²) in [6, 6.07) is 16.8. The van der Waals surface area contributed by atoms with Gasteiger partial charge in [-0.1, -0.05) is 23.7 Å². The van der Waals surface area contributed by atoms with Gasteiger partial charge in [0, 0.05) is 55.3 Å². The molecule has 1 aliphatic rings. The Hall–Kier alpha value is -3.49. The van der Waals surface area contributed by atoms with Gasteiger partial charge < -0.3 is 24.8 Å². The number of H-pyrrole nitrogens is 1. The van der Waals surface area contributed by atoms with Crippen LogP contribution in [0, 0.1) is 0 Å². The molecule has 8 nitrogen and oxygen atoms in total. The van der Waals surface area contributed by atoms with Crippen molar-refractivity contribution in [2.45, 2.75) is 6.42 Å². The van der Waals surface area contributed by atoms with Crippen LogP contribution in [0.2, 0.25) is 5.02 Å². The van der Waals surface area contributed by atoms with Crippen LogP contribution in [-0.2, 0) is 6.42 Å². The minimum absolute atomic E-state index is 0.0832. The second-order valence-electron chi connectivity index (χ2n) is 8.21. The minimum Gasteiger partial charge on any atom is -0.402 e. The molecule has 3 N–H and O–H groups in total. The Kier molecular flexibility index (Phi) is 7.72. The summed E-state index contributed by atoms with van der Waals surface area (Å²) < 4.78 is 5.37. The van der Waals surface area contributed by atoms with Gasteiger partial charge in [-0.15, -0.1) is 0 Å². The molecule has 3 aromatic rings. The summed E-state index contributed by atoms with van der Waals surface area (Å²) in [5.41, 5.74) is 2.70. The van der Waals surface area contributed by atoms with Crippen LogP contribution in [0.25, 0.3) is 0 Å². The number of hydrogen-bond acceptors (Lipinski definition) is 6. The summed E-state index contributed by atoms with van der Waals surface area (Å²) in [6.45, 7) is 4.51. The molecule has 0 atom stereocenters. The lowest BCUT2D eigenvalue weighted by molar-refractivity contribution is 0.214. The molecule has 1 aromatic heterocycles. The minimum atomic E-state index is -0.734. The first kappa shape index (κ1) is 23.7. The van der Waals surface area contributed by atoms with Gasteiger partial charge in [0.25, 0.3) is 5.56 Å². The van der Waals surface area contributed by atoms with E-state index in [4.69, 9.17) is 16.3 Å². The molecular formula is C25H28ClN5O3. The maximum Gasteiger partial charge on any atom is 0.417 e. The second kappa shape index (κ2) is 11.1. The monoisotopic (exact) mass is 481 g/mol. The molecule has 0 bridgehead atoms. The van der Waals surface area contributed by atoms with Crippen molar-refractivity contribution in [2.75, 3.05) is 55.3 Å². The van der Waals surface area contributed by atoms with Crippen molar-refractivity contribution in [3.63, 3.8) is 0 Å². The number of likely N-dealkylation sites (N-methyl/N-ethyl adjacent to an activating group) is 1. The number of benzene rings is 2. The first-order valence-electron chi connectivity index (χ1n) is 11.2. The molecule has 0 unspecified atom stereocenters. The number of rotatable bonds is 7. The zero-order chi connectivity index (χ0) is 23.9. The Morgan fingerprint density at radius 1 is 1.09 bits per heavy atom. The number of pyridine rings is 1. The van der Waals surface area contributed by atoms with Crippen LogP contribution >= 0.6 is 11.6 Å². The van der Waals surface area contributed by atoms with Gasteiger partial charge in [-0.2, -0.15) is 0 Å². The highest BCUT2D eigenvalue weighted by Crippen LogP contribution is 2.22. The molecular weight excluding hydrogens is 454 g/mol. The quantitative estimate of drug-likeness (QED) is 0.472. The molecule has 4 rings (SSSR count). The van der Waals surface area contributed by atoms with Crippen LogP contribution in [0.4, 0.5) is 21.9 Å². The summed E-state index contributed by atoms with van der Waals surface area (Å²) >= 11 is 6.03. The van der Waals surface area contributed by atoms with Crippen molar-refractivity contribution < 1.29 is 9.53 Å². The van der Waals surface area contributed by atoms with Crippen molar-refractivity contribution in [1.29, 1.82) is 0 Å². The van der Waals surface area contributed by atoms with E-state index < -0.39 is 11.7 Å². The van der Waals surface area contributed by atoms with Gasteiger partial charge >= 0.3 is 6.09 Å². The first-order chi connectivity index (χ1) is 16.5. The summed E-state index contributed by atoms with van der Waals surface area (Å²) in [5.74, 6) is -0.0832. The Balaban J connectivity index is 1.35. The number of hydrogen-bond donors (Lipinski definition) is 3. The highest BCUT2D eigenvalue weighted by atomic mass is 35.5. The third-order valence-electron chi connectivity index (χ3n) is 5.71. The highest BCUT2D eigenvalue weighted by molar-refractivity contribution is 6.30. The molecule has 0 radical (unpaired) electrons. The van der Waals surface area contributed by atoms with Crippen molar-refractivity contribution in [2.24, 2.45) is 0 Å². The molecule has 34 heavy (non-hydrogen) atoms. The van der Waals surface area contributed by atoms with Gasteiger partial charge in [0.1, 0.15) is 0 Å². The molecule has 0 aliphatic carbocycles. The molecule has 9 heteroatoms. The molecule has 1 amide bonds. The lowest BCUT2D eigenvalue weighted by Crippen LogP contribution is -2.44. The van der Waals surface area contributed by atoms with Gasteiger partial charge in [-0.25, -0.2) is 4.79 Å². The van der Waals surface area contributed by atoms with Gasteiger partial charge in [0.2, 0.25) is 5.75 Å². The van der Waals surface area contributed by atoms with Gasteiger partial charge in [0.15, 0.2) is 0 Å². The fourth-order valence-corrected chi connectivity index (χ4v) is 4.01. The number of aromatic nitrogens is 1. The Morgan fingerprint density at radius 3 is 2.59 bits per heavy atom. The zero-order valence-electron chi connectivity index (χ0n) is 19.0. The van der Waals surface area contributed by atoms with Crippen LogP contribution < -0.4 is 25.8 Å². The van der Waals surface area contributed by atoms with E-state index in [9.17, 15) is 9.59 Å². The van der Waals surface area contributed by atoms with Gasteiger partial charge in [-0.3, -0.25) is 10.1 Å². The predicted molar refractivity (Wildman–Crippen MR) is 137 cm³/mol. The van der Waals surface area contributed by atoms with Crippen LogP contribution in [0.3, 0.4) is 0 Å². The fraction of sp³-hybridized carbons (Fsp3) is 0.280. The lowest BCUT2D eigenvalue weighted by Gasteiger charge is -2.34.